The van der Waals surface area contributed by atoms with Gasteiger partial charge in [-0.2, -0.15) is 0 Å². The summed E-state index contributed by atoms with van der Waals surface area (Å²) in [4.78, 5) is 17.0. The molecule has 2 aromatic rings. The molecule has 0 bridgehead atoms. The van der Waals surface area contributed by atoms with Crippen LogP contribution < -0.4 is 4.72 Å². The molecule has 2 aliphatic rings. The van der Waals surface area contributed by atoms with Crippen molar-refractivity contribution >= 4 is 39.1 Å². The van der Waals surface area contributed by atoms with Gasteiger partial charge in [0, 0.05) is 38.8 Å². The van der Waals surface area contributed by atoms with Gasteiger partial charge in [-0.05, 0) is 30.5 Å². The molecule has 2 aromatic carbocycles. The van der Waals surface area contributed by atoms with Crippen LogP contribution in [-0.2, 0) is 16.6 Å². The average molecular weight is 468 g/mol. The van der Waals surface area contributed by atoms with E-state index in [4.69, 9.17) is 23.2 Å². The van der Waals surface area contributed by atoms with E-state index in [1.807, 2.05) is 18.2 Å². The molecule has 1 N–H and O–H groups in total. The fourth-order valence-electron chi connectivity index (χ4n) is 3.50. The highest BCUT2D eigenvalue weighted by atomic mass is 35.5. The Morgan fingerprint density at radius 2 is 1.67 bits per heavy atom. The molecule has 4 rings (SSSR count). The predicted octanol–water partition coefficient (Wildman–Crippen LogP) is 3.39. The van der Waals surface area contributed by atoms with Gasteiger partial charge in [0.25, 0.3) is 5.91 Å². The number of sulfonamides is 1. The third kappa shape index (κ3) is 4.98. The summed E-state index contributed by atoms with van der Waals surface area (Å²) in [6.07, 6.45) is 1.62. The predicted molar refractivity (Wildman–Crippen MR) is 117 cm³/mol. The van der Waals surface area contributed by atoms with Crippen molar-refractivity contribution in [1.29, 1.82) is 0 Å². The minimum absolute atomic E-state index is 0.0115. The van der Waals surface area contributed by atoms with Crippen LogP contribution >= 0.6 is 23.2 Å². The first-order valence-electron chi connectivity index (χ1n) is 9.90. The molecule has 1 aliphatic heterocycles. The number of hydrogen-bond donors (Lipinski definition) is 1. The van der Waals surface area contributed by atoms with Crippen molar-refractivity contribution in [2.45, 2.75) is 30.3 Å². The molecule has 2 fully saturated rings. The van der Waals surface area contributed by atoms with Gasteiger partial charge in [0.2, 0.25) is 10.0 Å². The second-order valence-corrected chi connectivity index (χ2v) is 10.2. The highest BCUT2D eigenvalue weighted by molar-refractivity contribution is 7.89. The molecule has 1 heterocycles. The summed E-state index contributed by atoms with van der Waals surface area (Å²) in [6.45, 7) is 3.40. The smallest absolute Gasteiger partial charge is 0.255 e. The minimum Gasteiger partial charge on any atom is -0.336 e. The van der Waals surface area contributed by atoms with E-state index >= 15 is 0 Å². The normalized spacial score (nSPS) is 17.9. The molecule has 0 aromatic heterocycles. The SMILES string of the molecule is O=C(c1cc(S(=O)(=O)NC2CC2)c(Cl)cc1Cl)N1CCN(Cc2ccccc2)CC1. The Bertz CT molecular complexity index is 1030. The van der Waals surface area contributed by atoms with Crippen LogP contribution in [0.3, 0.4) is 0 Å². The number of nitrogens with zero attached hydrogens (tertiary/aromatic N) is 2. The van der Waals surface area contributed by atoms with E-state index in [2.05, 4.69) is 21.8 Å². The van der Waals surface area contributed by atoms with E-state index in [9.17, 15) is 13.2 Å². The summed E-state index contributed by atoms with van der Waals surface area (Å²) in [6, 6.07) is 12.8. The van der Waals surface area contributed by atoms with Crippen LogP contribution in [-0.4, -0.2) is 56.3 Å². The van der Waals surface area contributed by atoms with Crippen molar-refractivity contribution in [3.63, 3.8) is 0 Å². The molecule has 9 heteroatoms. The van der Waals surface area contributed by atoms with Crippen molar-refractivity contribution in [3.05, 3.63) is 63.6 Å². The fraction of sp³-hybridized carbons (Fsp3) is 0.381. The molecule has 0 spiro atoms. The first-order chi connectivity index (χ1) is 14.3. The summed E-state index contributed by atoms with van der Waals surface area (Å²) in [5.74, 6) is -0.279. The van der Waals surface area contributed by atoms with Crippen molar-refractivity contribution < 1.29 is 13.2 Å². The maximum Gasteiger partial charge on any atom is 0.255 e. The van der Waals surface area contributed by atoms with Gasteiger partial charge in [0.1, 0.15) is 4.90 Å². The van der Waals surface area contributed by atoms with Crippen molar-refractivity contribution in [2.24, 2.45) is 0 Å². The minimum atomic E-state index is -3.79. The topological polar surface area (TPSA) is 69.7 Å². The fourth-order valence-corrected chi connectivity index (χ4v) is 5.66. The van der Waals surface area contributed by atoms with Crippen LogP contribution in [0.1, 0.15) is 28.8 Å². The number of piperazine rings is 1. The van der Waals surface area contributed by atoms with Crippen LogP contribution in [0.2, 0.25) is 10.0 Å². The summed E-state index contributed by atoms with van der Waals surface area (Å²) in [7, 11) is -3.79. The lowest BCUT2D eigenvalue weighted by atomic mass is 10.1. The Balaban J connectivity index is 1.46. The first-order valence-corrected chi connectivity index (χ1v) is 12.1. The second kappa shape index (κ2) is 8.85. The zero-order valence-electron chi connectivity index (χ0n) is 16.4. The van der Waals surface area contributed by atoms with E-state index in [0.29, 0.717) is 13.1 Å². The molecule has 1 saturated heterocycles. The summed E-state index contributed by atoms with van der Waals surface area (Å²) in [5.41, 5.74) is 1.39. The van der Waals surface area contributed by atoms with Gasteiger partial charge in [-0.25, -0.2) is 13.1 Å². The van der Waals surface area contributed by atoms with Crippen molar-refractivity contribution in [2.75, 3.05) is 26.2 Å². The number of nitrogens with one attached hydrogen (secondary N) is 1. The Morgan fingerprint density at radius 3 is 2.30 bits per heavy atom. The van der Waals surface area contributed by atoms with Gasteiger partial charge < -0.3 is 4.90 Å². The number of carbonyl (C=O) groups excluding carboxylic acids is 1. The summed E-state index contributed by atoms with van der Waals surface area (Å²) >= 11 is 12.4. The van der Waals surface area contributed by atoms with Gasteiger partial charge in [0.05, 0.1) is 15.6 Å². The molecule has 0 unspecified atom stereocenters. The number of rotatable bonds is 6. The Kier molecular flexibility index (Phi) is 6.36. The van der Waals surface area contributed by atoms with Crippen LogP contribution in [0.4, 0.5) is 0 Å². The largest absolute Gasteiger partial charge is 0.336 e. The number of halogens is 2. The van der Waals surface area contributed by atoms with Crippen LogP contribution in [0.15, 0.2) is 47.4 Å². The van der Waals surface area contributed by atoms with Gasteiger partial charge in [-0.3, -0.25) is 9.69 Å². The number of carbonyl (C=O) groups is 1. The average Bonchev–Trinajstić information content (AvgIpc) is 3.52. The molecule has 1 amide bonds. The molecular weight excluding hydrogens is 445 g/mol. The summed E-state index contributed by atoms with van der Waals surface area (Å²) < 4.78 is 27.8. The highest BCUT2D eigenvalue weighted by Crippen LogP contribution is 2.31. The van der Waals surface area contributed by atoms with Crippen molar-refractivity contribution in [3.8, 4) is 0 Å². The Hall–Kier alpha value is -1.64. The maximum absolute atomic E-state index is 13.1. The van der Waals surface area contributed by atoms with E-state index in [0.717, 1.165) is 32.5 Å². The van der Waals surface area contributed by atoms with Crippen LogP contribution in [0.25, 0.3) is 0 Å². The third-order valence-corrected chi connectivity index (χ3v) is 7.65. The summed E-state index contributed by atoms with van der Waals surface area (Å²) in [5, 5.41) is 0.166. The van der Waals surface area contributed by atoms with E-state index < -0.39 is 10.0 Å². The quantitative estimate of drug-likeness (QED) is 0.706. The standard InChI is InChI=1S/C21H23Cl2N3O3S/c22-18-13-19(23)20(30(28,29)24-16-6-7-16)12-17(18)21(27)26-10-8-25(9-11-26)14-15-4-2-1-3-5-15/h1-5,12-13,16,24H,6-11,14H2. The van der Waals surface area contributed by atoms with E-state index in [1.165, 1.54) is 17.7 Å². The van der Waals surface area contributed by atoms with Gasteiger partial charge in [-0.1, -0.05) is 53.5 Å². The van der Waals surface area contributed by atoms with Gasteiger partial charge in [-0.15, -0.1) is 0 Å². The van der Waals surface area contributed by atoms with Crippen LogP contribution in [0.5, 0.6) is 0 Å². The maximum atomic E-state index is 13.1. The molecule has 160 valence electrons. The monoisotopic (exact) mass is 467 g/mol. The molecule has 1 saturated carbocycles. The Labute approximate surface area is 186 Å². The van der Waals surface area contributed by atoms with Crippen LogP contribution in [0, 0.1) is 0 Å². The molecule has 0 radical (unpaired) electrons. The lowest BCUT2D eigenvalue weighted by molar-refractivity contribution is 0.0628. The van der Waals surface area contributed by atoms with E-state index in [-0.39, 0.29) is 32.5 Å². The van der Waals surface area contributed by atoms with Gasteiger partial charge >= 0.3 is 0 Å². The Morgan fingerprint density at radius 1 is 1.00 bits per heavy atom. The lowest BCUT2D eigenvalue weighted by Gasteiger charge is -2.35. The molecular formula is C21H23Cl2N3O3S. The zero-order valence-corrected chi connectivity index (χ0v) is 18.7. The second-order valence-electron chi connectivity index (χ2n) is 7.71. The lowest BCUT2D eigenvalue weighted by Crippen LogP contribution is -2.48. The molecule has 30 heavy (non-hydrogen) atoms. The number of amides is 1. The van der Waals surface area contributed by atoms with E-state index in [1.54, 1.807) is 4.90 Å². The molecule has 0 atom stereocenters. The first kappa shape index (κ1) is 21.6. The van der Waals surface area contributed by atoms with Crippen molar-refractivity contribution in [1.82, 2.24) is 14.5 Å². The molecule has 1 aliphatic carbocycles. The number of benzene rings is 2. The third-order valence-electron chi connectivity index (χ3n) is 5.35. The molecule has 6 nitrogen and oxygen atoms in total. The van der Waals surface area contributed by atoms with Gasteiger partial charge in [0.15, 0.2) is 0 Å². The zero-order chi connectivity index (χ0) is 21.3. The number of hydrogen-bond acceptors (Lipinski definition) is 4. The highest BCUT2D eigenvalue weighted by Gasteiger charge is 2.31.